The number of hydrogen-bond acceptors (Lipinski definition) is 8. The van der Waals surface area contributed by atoms with Gasteiger partial charge in [0.05, 0.1) is 31.4 Å². The summed E-state index contributed by atoms with van der Waals surface area (Å²) < 4.78 is 15.8. The second-order valence-corrected chi connectivity index (χ2v) is 8.25. The molecular weight excluding hydrogens is 464 g/mol. The van der Waals surface area contributed by atoms with Crippen LogP contribution in [0.25, 0.3) is 5.76 Å². The lowest BCUT2D eigenvalue weighted by atomic mass is 9.95. The van der Waals surface area contributed by atoms with Gasteiger partial charge in [0.2, 0.25) is 0 Å². The molecule has 192 valence electrons. The quantitative estimate of drug-likeness (QED) is 0.175. The second kappa shape index (κ2) is 11.7. The van der Waals surface area contributed by atoms with E-state index in [0.717, 1.165) is 13.1 Å². The van der Waals surface area contributed by atoms with E-state index in [1.807, 2.05) is 13.8 Å². The molecule has 1 saturated heterocycles. The fraction of sp³-hybridized carbons (Fsp3) is 0.370. The van der Waals surface area contributed by atoms with E-state index < -0.39 is 23.7 Å². The summed E-state index contributed by atoms with van der Waals surface area (Å²) in [6.07, 6.45) is 0. The van der Waals surface area contributed by atoms with Crippen molar-refractivity contribution in [3.63, 3.8) is 0 Å². The molecule has 1 N–H and O–H groups in total. The van der Waals surface area contributed by atoms with E-state index in [2.05, 4.69) is 4.90 Å². The first-order valence-electron chi connectivity index (χ1n) is 11.8. The molecule has 3 rings (SSSR count). The molecule has 1 atom stereocenters. The van der Waals surface area contributed by atoms with Crippen LogP contribution in [-0.4, -0.2) is 73.0 Å². The van der Waals surface area contributed by atoms with E-state index in [1.165, 1.54) is 26.0 Å². The molecule has 1 unspecified atom stereocenters. The number of aliphatic hydroxyl groups excluding tert-OH is 1. The van der Waals surface area contributed by atoms with E-state index >= 15 is 0 Å². The third-order valence-electron chi connectivity index (χ3n) is 6.21. The average Bonchev–Trinajstić information content (AvgIpc) is 3.13. The molecule has 0 radical (unpaired) electrons. The van der Waals surface area contributed by atoms with Gasteiger partial charge in [-0.25, -0.2) is 0 Å². The highest BCUT2D eigenvalue weighted by Gasteiger charge is 2.46. The molecule has 0 bridgehead atoms. The molecule has 2 aromatic carbocycles. The Kier molecular flexibility index (Phi) is 8.71. The van der Waals surface area contributed by atoms with Gasteiger partial charge in [-0.15, -0.1) is 0 Å². The van der Waals surface area contributed by atoms with E-state index in [-0.39, 0.29) is 16.9 Å². The van der Waals surface area contributed by atoms with Crippen LogP contribution in [0.2, 0.25) is 0 Å². The monoisotopic (exact) mass is 496 g/mol. The highest BCUT2D eigenvalue weighted by Crippen LogP contribution is 2.41. The Hall–Kier alpha value is -3.85. The van der Waals surface area contributed by atoms with Gasteiger partial charge >= 0.3 is 5.97 Å². The Morgan fingerprint density at radius 2 is 1.64 bits per heavy atom. The fourth-order valence-corrected chi connectivity index (χ4v) is 4.27. The summed E-state index contributed by atoms with van der Waals surface area (Å²) in [6.45, 7) is 7.80. The van der Waals surface area contributed by atoms with Crippen molar-refractivity contribution in [2.24, 2.45) is 0 Å². The van der Waals surface area contributed by atoms with Gasteiger partial charge in [-0.2, -0.15) is 0 Å². The van der Waals surface area contributed by atoms with Crippen LogP contribution < -0.4 is 14.2 Å². The van der Waals surface area contributed by atoms with E-state index in [0.29, 0.717) is 35.9 Å². The lowest BCUT2D eigenvalue weighted by molar-refractivity contribution is -0.140. The van der Waals surface area contributed by atoms with Crippen LogP contribution in [-0.2, 0) is 14.4 Å². The van der Waals surface area contributed by atoms with Crippen molar-refractivity contribution < 1.29 is 33.7 Å². The van der Waals surface area contributed by atoms with Gasteiger partial charge in [-0.3, -0.25) is 14.4 Å². The van der Waals surface area contributed by atoms with Crippen LogP contribution in [0, 0.1) is 0 Å². The molecule has 9 heteroatoms. The number of nitrogens with zero attached hydrogens (tertiary/aromatic N) is 2. The third kappa shape index (κ3) is 5.52. The number of esters is 1. The Balaban J connectivity index is 2.13. The molecule has 1 aliphatic heterocycles. The maximum atomic E-state index is 13.3. The number of ketones is 1. The predicted octanol–water partition coefficient (Wildman–Crippen LogP) is 3.39. The van der Waals surface area contributed by atoms with Crippen LogP contribution in [0.1, 0.15) is 37.9 Å². The molecule has 36 heavy (non-hydrogen) atoms. The number of aliphatic hydroxyl groups is 1. The van der Waals surface area contributed by atoms with Crippen molar-refractivity contribution in [2.75, 3.05) is 40.4 Å². The molecule has 0 aromatic heterocycles. The number of likely N-dealkylation sites (N-methyl/N-ethyl adjacent to an activating group) is 1. The topological polar surface area (TPSA) is 106 Å². The van der Waals surface area contributed by atoms with Gasteiger partial charge < -0.3 is 29.1 Å². The number of ether oxygens (including phenoxy) is 3. The molecule has 1 fully saturated rings. The highest BCUT2D eigenvalue weighted by atomic mass is 16.5. The standard InChI is InChI=1S/C27H32N2O7/c1-6-28(7-2)14-15-29-24(18-8-10-19(11-9-18)36-17(3)30)23(26(32)27(29)33)25(31)21-13-12-20(34-4)16-22(21)35-5/h8-13,16,24,31H,6-7,14-15H2,1-5H3/b25-23-. The predicted molar refractivity (Wildman–Crippen MR) is 134 cm³/mol. The van der Waals surface area contributed by atoms with Gasteiger partial charge in [0, 0.05) is 26.1 Å². The molecule has 0 aliphatic carbocycles. The minimum atomic E-state index is -0.834. The molecule has 1 heterocycles. The summed E-state index contributed by atoms with van der Waals surface area (Å²) in [5, 5.41) is 11.4. The number of Topliss-reactive ketones (excluding diaryl/α,β-unsaturated/α-hetero) is 1. The molecule has 1 amide bonds. The zero-order chi connectivity index (χ0) is 26.4. The van der Waals surface area contributed by atoms with Gasteiger partial charge in [0.25, 0.3) is 11.7 Å². The zero-order valence-electron chi connectivity index (χ0n) is 21.2. The Morgan fingerprint density at radius 1 is 1.00 bits per heavy atom. The minimum absolute atomic E-state index is 0.0387. The number of methoxy groups -OCH3 is 2. The van der Waals surface area contributed by atoms with Crippen LogP contribution in [0.5, 0.6) is 17.2 Å². The van der Waals surface area contributed by atoms with Crippen molar-refractivity contribution >= 4 is 23.4 Å². The molecule has 0 spiro atoms. The second-order valence-electron chi connectivity index (χ2n) is 8.25. The van der Waals surface area contributed by atoms with E-state index in [9.17, 15) is 19.5 Å². The SMILES string of the molecule is CCN(CC)CCN1C(=O)C(=O)/C(=C(\O)c2ccc(OC)cc2OC)C1c1ccc(OC(C)=O)cc1. The first-order valence-corrected chi connectivity index (χ1v) is 11.8. The van der Waals surface area contributed by atoms with Crippen LogP contribution in [0.15, 0.2) is 48.0 Å². The van der Waals surface area contributed by atoms with Gasteiger partial charge in [0.15, 0.2) is 0 Å². The Morgan fingerprint density at radius 3 is 2.19 bits per heavy atom. The van der Waals surface area contributed by atoms with Crippen molar-refractivity contribution in [2.45, 2.75) is 26.8 Å². The first kappa shape index (κ1) is 26.7. The summed E-state index contributed by atoms with van der Waals surface area (Å²) in [4.78, 5) is 41.4. The van der Waals surface area contributed by atoms with Crippen molar-refractivity contribution in [3.05, 3.63) is 59.2 Å². The normalized spacial score (nSPS) is 16.9. The Bertz CT molecular complexity index is 1150. The van der Waals surface area contributed by atoms with Crippen molar-refractivity contribution in [1.29, 1.82) is 0 Å². The third-order valence-corrected chi connectivity index (χ3v) is 6.21. The Labute approximate surface area is 210 Å². The number of amides is 1. The average molecular weight is 497 g/mol. The van der Waals surface area contributed by atoms with E-state index in [4.69, 9.17) is 14.2 Å². The number of carbonyl (C=O) groups is 3. The summed E-state index contributed by atoms with van der Waals surface area (Å²) in [6, 6.07) is 10.5. The largest absolute Gasteiger partial charge is 0.507 e. The highest BCUT2D eigenvalue weighted by molar-refractivity contribution is 6.46. The number of benzene rings is 2. The number of rotatable bonds is 10. The summed E-state index contributed by atoms with van der Waals surface area (Å²) in [5.41, 5.74) is 0.823. The molecule has 9 nitrogen and oxygen atoms in total. The minimum Gasteiger partial charge on any atom is -0.507 e. The summed E-state index contributed by atoms with van der Waals surface area (Å²) in [7, 11) is 2.95. The van der Waals surface area contributed by atoms with Crippen LogP contribution in [0.4, 0.5) is 0 Å². The fourth-order valence-electron chi connectivity index (χ4n) is 4.27. The maximum absolute atomic E-state index is 13.3. The lowest BCUT2D eigenvalue weighted by Crippen LogP contribution is -2.38. The first-order chi connectivity index (χ1) is 17.2. The number of carbonyl (C=O) groups excluding carboxylic acids is 3. The molecule has 1 aliphatic rings. The summed E-state index contributed by atoms with van der Waals surface area (Å²) in [5.74, 6) is -1.12. The molecular formula is C27H32N2O7. The molecule has 2 aromatic rings. The zero-order valence-corrected chi connectivity index (χ0v) is 21.2. The van der Waals surface area contributed by atoms with Crippen LogP contribution in [0.3, 0.4) is 0 Å². The van der Waals surface area contributed by atoms with E-state index in [1.54, 1.807) is 42.5 Å². The lowest BCUT2D eigenvalue weighted by Gasteiger charge is -2.28. The van der Waals surface area contributed by atoms with Crippen LogP contribution >= 0.6 is 0 Å². The van der Waals surface area contributed by atoms with Gasteiger partial charge in [-0.1, -0.05) is 26.0 Å². The number of hydrogen-bond donors (Lipinski definition) is 1. The molecule has 0 saturated carbocycles. The number of likely N-dealkylation sites (tertiary alicyclic amines) is 1. The van der Waals surface area contributed by atoms with Gasteiger partial charge in [0.1, 0.15) is 23.0 Å². The maximum Gasteiger partial charge on any atom is 0.308 e. The summed E-state index contributed by atoms with van der Waals surface area (Å²) >= 11 is 0. The van der Waals surface area contributed by atoms with Gasteiger partial charge in [-0.05, 0) is 42.9 Å². The van der Waals surface area contributed by atoms with Crippen molar-refractivity contribution in [3.8, 4) is 17.2 Å². The van der Waals surface area contributed by atoms with Crippen molar-refractivity contribution in [1.82, 2.24) is 9.80 Å². The smallest absolute Gasteiger partial charge is 0.308 e.